The monoisotopic (exact) mass is 297 g/mol. The number of hydrogen-bond donors (Lipinski definition) is 1. The SMILES string of the molecule is Cc1ccc(SCC(N)c2ccc(C3CCC3)cc2)cc1. The standard InChI is InChI=1S/C19H23NS/c1-14-5-11-18(12-6-14)21-13-19(20)17-9-7-16(8-10-17)15-3-2-4-15/h5-12,15,19H,2-4,13,20H2,1H3. The molecule has 1 fully saturated rings. The Morgan fingerprint density at radius 3 is 2.29 bits per heavy atom. The van der Waals surface area contributed by atoms with Crippen molar-refractivity contribution in [1.29, 1.82) is 0 Å². The summed E-state index contributed by atoms with van der Waals surface area (Å²) >= 11 is 1.83. The molecule has 1 atom stereocenters. The van der Waals surface area contributed by atoms with Crippen LogP contribution in [0.5, 0.6) is 0 Å². The first-order chi connectivity index (χ1) is 10.2. The van der Waals surface area contributed by atoms with Gasteiger partial charge < -0.3 is 5.73 Å². The number of aryl methyl sites for hydroxylation is 1. The number of hydrogen-bond acceptors (Lipinski definition) is 2. The molecule has 0 heterocycles. The maximum Gasteiger partial charge on any atom is 0.0390 e. The zero-order valence-electron chi connectivity index (χ0n) is 12.6. The van der Waals surface area contributed by atoms with Crippen LogP contribution in [0.1, 0.15) is 47.9 Å². The first-order valence-electron chi connectivity index (χ1n) is 7.77. The van der Waals surface area contributed by atoms with Gasteiger partial charge in [0.25, 0.3) is 0 Å². The molecule has 1 unspecified atom stereocenters. The highest BCUT2D eigenvalue weighted by Crippen LogP contribution is 2.36. The van der Waals surface area contributed by atoms with Crippen molar-refractivity contribution in [2.45, 2.75) is 43.0 Å². The van der Waals surface area contributed by atoms with Crippen molar-refractivity contribution >= 4 is 11.8 Å². The Kier molecular flexibility index (Phi) is 4.67. The molecule has 0 radical (unpaired) electrons. The van der Waals surface area contributed by atoms with E-state index in [4.69, 9.17) is 5.73 Å². The Hall–Kier alpha value is -1.25. The molecule has 1 saturated carbocycles. The van der Waals surface area contributed by atoms with Gasteiger partial charge in [0.2, 0.25) is 0 Å². The van der Waals surface area contributed by atoms with Gasteiger partial charge in [-0.15, -0.1) is 11.8 Å². The summed E-state index contributed by atoms with van der Waals surface area (Å²) in [5.74, 6) is 1.73. The highest BCUT2D eigenvalue weighted by molar-refractivity contribution is 7.99. The first-order valence-corrected chi connectivity index (χ1v) is 8.76. The fourth-order valence-electron chi connectivity index (χ4n) is 2.67. The van der Waals surface area contributed by atoms with Crippen molar-refractivity contribution in [2.75, 3.05) is 5.75 Å². The molecule has 2 N–H and O–H groups in total. The van der Waals surface area contributed by atoms with Crippen molar-refractivity contribution in [2.24, 2.45) is 5.73 Å². The molecule has 2 heteroatoms. The Bertz CT molecular complexity index is 570. The Balaban J connectivity index is 1.56. The molecule has 1 aliphatic rings. The number of thioether (sulfide) groups is 1. The molecule has 0 aliphatic heterocycles. The van der Waals surface area contributed by atoms with Gasteiger partial charge in [0.1, 0.15) is 0 Å². The van der Waals surface area contributed by atoms with Crippen LogP contribution in [0.15, 0.2) is 53.4 Å². The smallest absolute Gasteiger partial charge is 0.0390 e. The molecule has 110 valence electrons. The largest absolute Gasteiger partial charge is 0.323 e. The minimum absolute atomic E-state index is 0.103. The van der Waals surface area contributed by atoms with Crippen molar-refractivity contribution in [1.82, 2.24) is 0 Å². The van der Waals surface area contributed by atoms with E-state index in [0.29, 0.717) is 0 Å². The third kappa shape index (κ3) is 3.69. The van der Waals surface area contributed by atoms with Gasteiger partial charge >= 0.3 is 0 Å². The van der Waals surface area contributed by atoms with Gasteiger partial charge in [-0.25, -0.2) is 0 Å². The fraction of sp³-hybridized carbons (Fsp3) is 0.368. The number of rotatable bonds is 5. The molecule has 0 saturated heterocycles. The van der Waals surface area contributed by atoms with Crippen LogP contribution >= 0.6 is 11.8 Å². The Morgan fingerprint density at radius 1 is 1.05 bits per heavy atom. The van der Waals surface area contributed by atoms with E-state index in [1.54, 1.807) is 0 Å². The van der Waals surface area contributed by atoms with E-state index in [1.165, 1.54) is 40.8 Å². The van der Waals surface area contributed by atoms with Crippen molar-refractivity contribution in [3.63, 3.8) is 0 Å². The molecular weight excluding hydrogens is 274 g/mol. The minimum Gasteiger partial charge on any atom is -0.323 e. The number of nitrogens with two attached hydrogens (primary N) is 1. The van der Waals surface area contributed by atoms with Crippen LogP contribution in [0.4, 0.5) is 0 Å². The third-order valence-electron chi connectivity index (χ3n) is 4.39. The summed E-state index contributed by atoms with van der Waals surface area (Å²) < 4.78 is 0. The molecule has 0 bridgehead atoms. The van der Waals surface area contributed by atoms with Crippen LogP contribution in [0, 0.1) is 6.92 Å². The summed E-state index contributed by atoms with van der Waals surface area (Å²) in [5, 5.41) is 0. The zero-order valence-corrected chi connectivity index (χ0v) is 13.4. The van der Waals surface area contributed by atoms with Crippen LogP contribution in [0.3, 0.4) is 0 Å². The normalized spacial score (nSPS) is 16.5. The predicted molar refractivity (Wildman–Crippen MR) is 91.9 cm³/mol. The molecule has 0 amide bonds. The molecule has 21 heavy (non-hydrogen) atoms. The van der Waals surface area contributed by atoms with Gasteiger partial charge in [-0.3, -0.25) is 0 Å². The summed E-state index contributed by atoms with van der Waals surface area (Å²) in [6.45, 7) is 2.11. The molecule has 1 nitrogen and oxygen atoms in total. The molecule has 0 spiro atoms. The molecule has 3 rings (SSSR count). The average Bonchev–Trinajstić information content (AvgIpc) is 2.45. The highest BCUT2D eigenvalue weighted by atomic mass is 32.2. The van der Waals surface area contributed by atoms with Gasteiger partial charge in [-0.1, -0.05) is 48.4 Å². The predicted octanol–water partition coefficient (Wildman–Crippen LogP) is 5.05. The Labute approximate surface area is 132 Å². The van der Waals surface area contributed by atoms with E-state index in [-0.39, 0.29) is 6.04 Å². The summed E-state index contributed by atoms with van der Waals surface area (Å²) in [7, 11) is 0. The second-order valence-electron chi connectivity index (χ2n) is 6.03. The summed E-state index contributed by atoms with van der Waals surface area (Å²) in [6, 6.07) is 17.7. The topological polar surface area (TPSA) is 26.0 Å². The van der Waals surface area contributed by atoms with E-state index >= 15 is 0 Å². The highest BCUT2D eigenvalue weighted by Gasteiger charge is 2.19. The van der Waals surface area contributed by atoms with Crippen LogP contribution in [-0.4, -0.2) is 5.75 Å². The van der Waals surface area contributed by atoms with Gasteiger partial charge in [-0.05, 0) is 48.9 Å². The second kappa shape index (κ2) is 6.67. The fourth-order valence-corrected chi connectivity index (χ4v) is 3.57. The molecule has 0 aromatic heterocycles. The van der Waals surface area contributed by atoms with Crippen LogP contribution in [0.25, 0.3) is 0 Å². The van der Waals surface area contributed by atoms with Crippen LogP contribution in [-0.2, 0) is 0 Å². The molecule has 2 aromatic carbocycles. The van der Waals surface area contributed by atoms with Crippen LogP contribution < -0.4 is 5.73 Å². The molecular formula is C19H23NS. The van der Waals surface area contributed by atoms with Crippen molar-refractivity contribution < 1.29 is 0 Å². The van der Waals surface area contributed by atoms with Gasteiger partial charge in [0.05, 0.1) is 0 Å². The third-order valence-corrected chi connectivity index (χ3v) is 5.52. The van der Waals surface area contributed by atoms with E-state index in [2.05, 4.69) is 55.5 Å². The zero-order chi connectivity index (χ0) is 14.7. The first kappa shape index (κ1) is 14.7. The van der Waals surface area contributed by atoms with Crippen LogP contribution in [0.2, 0.25) is 0 Å². The van der Waals surface area contributed by atoms with E-state index < -0.39 is 0 Å². The minimum atomic E-state index is 0.103. The van der Waals surface area contributed by atoms with Crippen molar-refractivity contribution in [3.8, 4) is 0 Å². The lowest BCUT2D eigenvalue weighted by atomic mass is 9.80. The van der Waals surface area contributed by atoms with Gasteiger partial charge in [0.15, 0.2) is 0 Å². The molecule has 2 aromatic rings. The van der Waals surface area contributed by atoms with Crippen molar-refractivity contribution in [3.05, 3.63) is 65.2 Å². The Morgan fingerprint density at radius 2 is 1.71 bits per heavy atom. The number of benzene rings is 2. The second-order valence-corrected chi connectivity index (χ2v) is 7.12. The summed E-state index contributed by atoms with van der Waals surface area (Å²) in [5.41, 5.74) is 10.4. The lowest BCUT2D eigenvalue weighted by Gasteiger charge is -2.26. The quantitative estimate of drug-likeness (QED) is 0.781. The van der Waals surface area contributed by atoms with Gasteiger partial charge in [-0.2, -0.15) is 0 Å². The maximum absolute atomic E-state index is 6.32. The van der Waals surface area contributed by atoms with E-state index in [1.807, 2.05) is 11.8 Å². The van der Waals surface area contributed by atoms with Gasteiger partial charge in [0, 0.05) is 16.7 Å². The molecule has 1 aliphatic carbocycles. The van der Waals surface area contributed by atoms with E-state index in [0.717, 1.165) is 11.7 Å². The summed E-state index contributed by atoms with van der Waals surface area (Å²) in [4.78, 5) is 1.29. The van der Waals surface area contributed by atoms with E-state index in [9.17, 15) is 0 Å². The average molecular weight is 297 g/mol. The lowest BCUT2D eigenvalue weighted by Crippen LogP contribution is -2.14. The lowest BCUT2D eigenvalue weighted by molar-refractivity contribution is 0.419. The summed E-state index contributed by atoms with van der Waals surface area (Å²) in [6.07, 6.45) is 4.10. The maximum atomic E-state index is 6.32.